The van der Waals surface area contributed by atoms with E-state index in [0.717, 1.165) is 12.1 Å². The third-order valence-electron chi connectivity index (χ3n) is 3.78. The van der Waals surface area contributed by atoms with Crippen LogP contribution < -0.4 is 15.8 Å². The lowest BCUT2D eigenvalue weighted by Crippen LogP contribution is -2.17. The fourth-order valence-electron chi connectivity index (χ4n) is 2.50. The molecule has 0 fully saturated rings. The standard InChI is InChI=1S/C19H15F3N4O3/c20-19(21,22)29-15-7-1-12(2-8-15)11-17(27)24-13-3-5-14(6-4-13)26-10-9-16(25-26)18(23)28/h1-10H,11H2,(H2,23,28)(H,24,27). The van der Waals surface area contributed by atoms with Crippen molar-refractivity contribution in [3.63, 3.8) is 0 Å². The van der Waals surface area contributed by atoms with E-state index in [1.807, 2.05) is 0 Å². The Hall–Kier alpha value is -3.82. The van der Waals surface area contributed by atoms with Gasteiger partial charge in [-0.05, 0) is 48.0 Å². The van der Waals surface area contributed by atoms with E-state index < -0.39 is 12.3 Å². The molecule has 1 aromatic heterocycles. The highest BCUT2D eigenvalue weighted by Gasteiger charge is 2.30. The first kappa shape index (κ1) is 19.9. The van der Waals surface area contributed by atoms with Crippen LogP contribution in [0.25, 0.3) is 5.69 Å². The minimum absolute atomic E-state index is 0.0187. The molecule has 2 amide bonds. The number of rotatable bonds is 6. The highest BCUT2D eigenvalue weighted by molar-refractivity contribution is 5.92. The zero-order valence-electron chi connectivity index (χ0n) is 14.8. The molecule has 0 spiro atoms. The number of alkyl halides is 3. The van der Waals surface area contributed by atoms with Gasteiger partial charge in [0.25, 0.3) is 5.91 Å². The van der Waals surface area contributed by atoms with Crippen molar-refractivity contribution >= 4 is 17.5 Å². The summed E-state index contributed by atoms with van der Waals surface area (Å²) in [6.07, 6.45) is -3.20. The van der Waals surface area contributed by atoms with Gasteiger partial charge in [-0.25, -0.2) is 4.68 Å². The Morgan fingerprint density at radius 2 is 1.69 bits per heavy atom. The second kappa shape index (κ2) is 8.05. The first-order chi connectivity index (χ1) is 13.7. The normalized spacial score (nSPS) is 11.1. The molecule has 0 unspecified atom stereocenters. The Bertz CT molecular complexity index is 1010. The zero-order chi connectivity index (χ0) is 21.0. The van der Waals surface area contributed by atoms with Crippen LogP contribution in [0.15, 0.2) is 60.8 Å². The van der Waals surface area contributed by atoms with Crippen LogP contribution in [0, 0.1) is 0 Å². The highest BCUT2D eigenvalue weighted by Crippen LogP contribution is 2.23. The number of amides is 2. The van der Waals surface area contributed by atoms with Crippen LogP contribution in [0.5, 0.6) is 5.75 Å². The van der Waals surface area contributed by atoms with Gasteiger partial charge in [0.2, 0.25) is 5.91 Å². The van der Waals surface area contributed by atoms with Crippen LogP contribution in [0.2, 0.25) is 0 Å². The van der Waals surface area contributed by atoms with E-state index in [0.29, 0.717) is 16.9 Å². The second-order valence-electron chi connectivity index (χ2n) is 5.97. The summed E-state index contributed by atoms with van der Waals surface area (Å²) in [7, 11) is 0. The van der Waals surface area contributed by atoms with Crippen LogP contribution in [0.4, 0.5) is 18.9 Å². The Morgan fingerprint density at radius 3 is 2.24 bits per heavy atom. The maximum Gasteiger partial charge on any atom is 0.573 e. The number of nitrogens with zero attached hydrogens (tertiary/aromatic N) is 2. The molecule has 1 heterocycles. The molecule has 3 aromatic rings. The lowest BCUT2D eigenvalue weighted by atomic mass is 10.1. The molecule has 2 aromatic carbocycles. The lowest BCUT2D eigenvalue weighted by Gasteiger charge is -2.10. The summed E-state index contributed by atoms with van der Waals surface area (Å²) in [6, 6.07) is 13.2. The van der Waals surface area contributed by atoms with Gasteiger partial charge >= 0.3 is 6.36 Å². The van der Waals surface area contributed by atoms with Crippen molar-refractivity contribution in [2.24, 2.45) is 5.73 Å². The van der Waals surface area contributed by atoms with E-state index in [2.05, 4.69) is 15.2 Å². The number of primary amides is 1. The molecule has 0 saturated carbocycles. The number of hydrogen-bond acceptors (Lipinski definition) is 4. The van der Waals surface area contributed by atoms with Crippen LogP contribution >= 0.6 is 0 Å². The van der Waals surface area contributed by atoms with E-state index in [9.17, 15) is 22.8 Å². The van der Waals surface area contributed by atoms with E-state index in [1.165, 1.54) is 22.9 Å². The third-order valence-corrected chi connectivity index (χ3v) is 3.78. The Labute approximate surface area is 162 Å². The number of carbonyl (C=O) groups is 2. The van der Waals surface area contributed by atoms with Gasteiger partial charge in [0.05, 0.1) is 12.1 Å². The molecule has 0 radical (unpaired) electrons. The van der Waals surface area contributed by atoms with Crippen molar-refractivity contribution in [1.29, 1.82) is 0 Å². The Morgan fingerprint density at radius 1 is 1.03 bits per heavy atom. The maximum atomic E-state index is 12.2. The maximum absolute atomic E-state index is 12.2. The lowest BCUT2D eigenvalue weighted by molar-refractivity contribution is -0.274. The topological polar surface area (TPSA) is 99.2 Å². The van der Waals surface area contributed by atoms with Gasteiger partial charge in [-0.2, -0.15) is 5.10 Å². The number of nitrogens with two attached hydrogens (primary N) is 1. The summed E-state index contributed by atoms with van der Waals surface area (Å²) in [5.74, 6) is -1.32. The molecule has 0 aliphatic heterocycles. The second-order valence-corrected chi connectivity index (χ2v) is 5.97. The van der Waals surface area contributed by atoms with Gasteiger partial charge in [0.15, 0.2) is 0 Å². The number of carbonyl (C=O) groups excluding carboxylic acids is 2. The fraction of sp³-hybridized carbons (Fsp3) is 0.105. The molecule has 29 heavy (non-hydrogen) atoms. The monoisotopic (exact) mass is 404 g/mol. The van der Waals surface area contributed by atoms with Crippen LogP contribution in [0.1, 0.15) is 16.1 Å². The van der Waals surface area contributed by atoms with E-state index in [4.69, 9.17) is 5.73 Å². The Balaban J connectivity index is 1.58. The average Bonchev–Trinajstić information content (AvgIpc) is 3.13. The molecule has 3 rings (SSSR count). The molecule has 0 atom stereocenters. The number of hydrogen-bond donors (Lipinski definition) is 2. The van der Waals surface area contributed by atoms with Crippen LogP contribution in [-0.2, 0) is 11.2 Å². The first-order valence-corrected chi connectivity index (χ1v) is 8.30. The predicted molar refractivity (Wildman–Crippen MR) is 97.5 cm³/mol. The third kappa shape index (κ3) is 5.58. The summed E-state index contributed by atoms with van der Waals surface area (Å²) in [6.45, 7) is 0. The van der Waals surface area contributed by atoms with Gasteiger partial charge in [0.1, 0.15) is 11.4 Å². The molecule has 10 heteroatoms. The van der Waals surface area contributed by atoms with Crippen molar-refractivity contribution in [1.82, 2.24) is 9.78 Å². The molecule has 0 aliphatic rings. The van der Waals surface area contributed by atoms with Crippen LogP contribution in [0.3, 0.4) is 0 Å². The number of halogens is 3. The van der Waals surface area contributed by atoms with Crippen LogP contribution in [-0.4, -0.2) is 28.0 Å². The van der Waals surface area contributed by atoms with Gasteiger partial charge in [0, 0.05) is 11.9 Å². The molecule has 7 nitrogen and oxygen atoms in total. The molecular formula is C19H15F3N4O3. The first-order valence-electron chi connectivity index (χ1n) is 8.30. The summed E-state index contributed by atoms with van der Waals surface area (Å²) in [4.78, 5) is 23.2. The zero-order valence-corrected chi connectivity index (χ0v) is 14.8. The van der Waals surface area contributed by atoms with Gasteiger partial charge in [-0.1, -0.05) is 12.1 Å². The molecule has 0 saturated heterocycles. The van der Waals surface area contributed by atoms with Crippen molar-refractivity contribution < 1.29 is 27.5 Å². The van der Waals surface area contributed by atoms with Gasteiger partial charge in [-0.3, -0.25) is 9.59 Å². The molecule has 0 aliphatic carbocycles. The predicted octanol–water partition coefficient (Wildman–Crippen LogP) is 3.05. The summed E-state index contributed by atoms with van der Waals surface area (Å²) in [5.41, 5.74) is 7.02. The van der Waals surface area contributed by atoms with Gasteiger partial charge < -0.3 is 15.8 Å². The van der Waals surface area contributed by atoms with E-state index in [1.54, 1.807) is 30.5 Å². The van der Waals surface area contributed by atoms with Crippen molar-refractivity contribution in [2.45, 2.75) is 12.8 Å². The fourth-order valence-corrected chi connectivity index (χ4v) is 2.50. The molecular weight excluding hydrogens is 389 g/mol. The minimum Gasteiger partial charge on any atom is -0.406 e. The van der Waals surface area contributed by atoms with Crippen molar-refractivity contribution in [2.75, 3.05) is 5.32 Å². The number of nitrogens with one attached hydrogen (secondary N) is 1. The minimum atomic E-state index is -4.76. The van der Waals surface area contributed by atoms with Crippen molar-refractivity contribution in [3.05, 3.63) is 72.1 Å². The quantitative estimate of drug-likeness (QED) is 0.660. The van der Waals surface area contributed by atoms with Gasteiger partial charge in [-0.15, -0.1) is 13.2 Å². The summed E-state index contributed by atoms with van der Waals surface area (Å²) >= 11 is 0. The molecule has 150 valence electrons. The molecule has 3 N–H and O–H groups in total. The highest BCUT2D eigenvalue weighted by atomic mass is 19.4. The number of anilines is 1. The number of benzene rings is 2. The summed E-state index contributed by atoms with van der Waals surface area (Å²) < 4.78 is 41.7. The smallest absolute Gasteiger partial charge is 0.406 e. The summed E-state index contributed by atoms with van der Waals surface area (Å²) in [5, 5.41) is 6.72. The Kier molecular flexibility index (Phi) is 5.53. The van der Waals surface area contributed by atoms with Crippen molar-refractivity contribution in [3.8, 4) is 11.4 Å². The van der Waals surface area contributed by atoms with E-state index >= 15 is 0 Å². The number of ether oxygens (including phenoxy) is 1. The average molecular weight is 404 g/mol. The number of aromatic nitrogens is 2. The SMILES string of the molecule is NC(=O)c1ccn(-c2ccc(NC(=O)Cc3ccc(OC(F)(F)F)cc3)cc2)n1. The largest absolute Gasteiger partial charge is 0.573 e. The van der Waals surface area contributed by atoms with E-state index in [-0.39, 0.29) is 23.8 Å². The molecule has 0 bridgehead atoms.